The summed E-state index contributed by atoms with van der Waals surface area (Å²) in [5, 5.41) is 6.74. The number of hydrogen-bond acceptors (Lipinski definition) is 5. The predicted octanol–water partition coefficient (Wildman–Crippen LogP) is 2.27. The molecule has 3 rings (SSSR count). The van der Waals surface area contributed by atoms with Gasteiger partial charge in [0.25, 0.3) is 0 Å². The van der Waals surface area contributed by atoms with Crippen LogP contribution in [0.4, 0.5) is 4.79 Å². The first-order chi connectivity index (χ1) is 11.5. The molecule has 0 radical (unpaired) electrons. The number of para-hydroxylation sites is 2. The number of amides is 2. The van der Waals surface area contributed by atoms with E-state index >= 15 is 0 Å². The van der Waals surface area contributed by atoms with Crippen LogP contribution in [0.2, 0.25) is 0 Å². The maximum atomic E-state index is 12.2. The number of rotatable bonds is 4. The van der Waals surface area contributed by atoms with Gasteiger partial charge in [0, 0.05) is 19.2 Å². The summed E-state index contributed by atoms with van der Waals surface area (Å²) in [7, 11) is 1.73. The van der Waals surface area contributed by atoms with E-state index in [9.17, 15) is 4.79 Å². The second kappa shape index (κ2) is 6.82. The minimum atomic E-state index is -0.199. The maximum Gasteiger partial charge on any atom is 0.317 e. The Balaban J connectivity index is 1.52. The molecule has 7 heteroatoms. The zero-order valence-corrected chi connectivity index (χ0v) is 14.0. The Hall–Kier alpha value is -2.70. The molecule has 2 aromatic rings. The number of aromatic nitrogens is 1. The van der Waals surface area contributed by atoms with Gasteiger partial charge in [0.05, 0.1) is 12.2 Å². The molecule has 1 aromatic heterocycles. The monoisotopic (exact) mass is 331 g/mol. The van der Waals surface area contributed by atoms with Gasteiger partial charge in [-0.3, -0.25) is 0 Å². The van der Waals surface area contributed by atoms with Crippen molar-refractivity contribution in [3.63, 3.8) is 0 Å². The summed E-state index contributed by atoms with van der Waals surface area (Å²) in [4.78, 5) is 13.8. The van der Waals surface area contributed by atoms with Gasteiger partial charge in [-0.15, -0.1) is 0 Å². The van der Waals surface area contributed by atoms with Crippen molar-refractivity contribution in [2.45, 2.75) is 26.5 Å². The average Bonchev–Trinajstić information content (AvgIpc) is 2.90. The molecule has 0 bridgehead atoms. The van der Waals surface area contributed by atoms with Gasteiger partial charge in [-0.05, 0) is 26.0 Å². The molecule has 2 amide bonds. The number of carbonyl (C=O) groups excluding carboxylic acids is 1. The number of ether oxygens (including phenoxy) is 2. The van der Waals surface area contributed by atoms with Gasteiger partial charge in [0.1, 0.15) is 12.4 Å². The van der Waals surface area contributed by atoms with Crippen LogP contribution in [0.25, 0.3) is 0 Å². The van der Waals surface area contributed by atoms with Crippen molar-refractivity contribution >= 4 is 6.03 Å². The smallest absolute Gasteiger partial charge is 0.317 e. The Labute approximate surface area is 140 Å². The largest absolute Gasteiger partial charge is 0.486 e. The number of likely N-dealkylation sites (N-methyl/N-ethyl adjacent to an activating group) is 1. The van der Waals surface area contributed by atoms with E-state index in [-0.39, 0.29) is 12.1 Å². The van der Waals surface area contributed by atoms with E-state index in [4.69, 9.17) is 14.0 Å². The minimum absolute atomic E-state index is 0.183. The summed E-state index contributed by atoms with van der Waals surface area (Å²) in [6.45, 7) is 4.91. The van der Waals surface area contributed by atoms with E-state index in [1.165, 1.54) is 0 Å². The second-order valence-electron chi connectivity index (χ2n) is 5.84. The van der Waals surface area contributed by atoms with E-state index in [0.29, 0.717) is 25.4 Å². The Morgan fingerprint density at radius 1 is 1.33 bits per heavy atom. The van der Waals surface area contributed by atoms with E-state index in [0.717, 1.165) is 22.8 Å². The molecule has 2 heterocycles. The molecule has 0 unspecified atom stereocenters. The number of nitrogens with one attached hydrogen (secondary N) is 1. The van der Waals surface area contributed by atoms with Crippen LogP contribution in [0.5, 0.6) is 11.5 Å². The summed E-state index contributed by atoms with van der Waals surface area (Å²) in [6.07, 6.45) is -0.199. The molecule has 1 aliphatic rings. The van der Waals surface area contributed by atoms with Crippen LogP contribution in [-0.4, -0.2) is 42.4 Å². The predicted molar refractivity (Wildman–Crippen MR) is 87.2 cm³/mol. The topological polar surface area (TPSA) is 76.8 Å². The SMILES string of the molecule is Cc1noc(C)c1CNC(=O)N(C)C[C@@H]1COc2ccccc2O1. The van der Waals surface area contributed by atoms with Gasteiger partial charge in [-0.2, -0.15) is 0 Å². The molecule has 24 heavy (non-hydrogen) atoms. The average molecular weight is 331 g/mol. The molecule has 1 aromatic carbocycles. The molecule has 1 atom stereocenters. The number of benzene rings is 1. The molecule has 1 aliphatic heterocycles. The van der Waals surface area contributed by atoms with E-state index in [2.05, 4.69) is 10.5 Å². The quantitative estimate of drug-likeness (QED) is 0.930. The number of aryl methyl sites for hydroxylation is 2. The number of fused-ring (bicyclic) bond motifs is 1. The molecular weight excluding hydrogens is 310 g/mol. The summed E-state index contributed by atoms with van der Waals surface area (Å²) >= 11 is 0. The van der Waals surface area contributed by atoms with Gasteiger partial charge >= 0.3 is 6.03 Å². The number of urea groups is 1. The number of hydrogen-bond donors (Lipinski definition) is 1. The van der Waals surface area contributed by atoms with Crippen LogP contribution in [0.3, 0.4) is 0 Å². The summed E-state index contributed by atoms with van der Waals surface area (Å²) < 4.78 is 16.6. The fourth-order valence-electron chi connectivity index (χ4n) is 2.59. The first kappa shape index (κ1) is 16.2. The van der Waals surface area contributed by atoms with Crippen molar-refractivity contribution in [2.75, 3.05) is 20.2 Å². The highest BCUT2D eigenvalue weighted by Gasteiger charge is 2.23. The molecule has 0 spiro atoms. The van der Waals surface area contributed by atoms with E-state index < -0.39 is 0 Å². The maximum absolute atomic E-state index is 12.2. The normalized spacial score (nSPS) is 15.9. The molecule has 0 fully saturated rings. The molecule has 7 nitrogen and oxygen atoms in total. The highest BCUT2D eigenvalue weighted by molar-refractivity contribution is 5.73. The van der Waals surface area contributed by atoms with Crippen LogP contribution < -0.4 is 14.8 Å². The first-order valence-electron chi connectivity index (χ1n) is 7.84. The third-order valence-corrected chi connectivity index (χ3v) is 3.99. The van der Waals surface area contributed by atoms with Crippen molar-refractivity contribution in [1.29, 1.82) is 0 Å². The standard InChI is InChI=1S/C17H21N3O4/c1-11-14(12(2)24-19-11)8-18-17(21)20(3)9-13-10-22-15-6-4-5-7-16(15)23-13/h4-7,13H,8-10H2,1-3H3,(H,18,21)/t13-/m1/s1. The van der Waals surface area contributed by atoms with Gasteiger partial charge in [-0.1, -0.05) is 17.3 Å². The number of nitrogens with zero attached hydrogens (tertiary/aromatic N) is 2. The summed E-state index contributed by atoms with van der Waals surface area (Å²) in [6, 6.07) is 7.34. The van der Waals surface area contributed by atoms with Crippen LogP contribution in [0.15, 0.2) is 28.8 Å². The highest BCUT2D eigenvalue weighted by atomic mass is 16.6. The lowest BCUT2D eigenvalue weighted by molar-refractivity contribution is 0.0715. The van der Waals surface area contributed by atoms with Gasteiger partial charge in [-0.25, -0.2) is 4.79 Å². The lowest BCUT2D eigenvalue weighted by Gasteiger charge is -2.29. The molecular formula is C17H21N3O4. The molecule has 128 valence electrons. The van der Waals surface area contributed by atoms with Gasteiger partial charge in [0.2, 0.25) is 0 Å². The van der Waals surface area contributed by atoms with Crippen LogP contribution in [-0.2, 0) is 6.54 Å². The fourth-order valence-corrected chi connectivity index (χ4v) is 2.59. The summed E-state index contributed by atoms with van der Waals surface area (Å²) in [5.41, 5.74) is 1.69. The second-order valence-corrected chi connectivity index (χ2v) is 5.84. The zero-order chi connectivity index (χ0) is 17.1. The lowest BCUT2D eigenvalue weighted by atomic mass is 10.2. The van der Waals surface area contributed by atoms with Crippen molar-refractivity contribution in [3.05, 3.63) is 41.3 Å². The summed E-state index contributed by atoms with van der Waals surface area (Å²) in [5.74, 6) is 2.16. The third-order valence-electron chi connectivity index (χ3n) is 3.99. The first-order valence-corrected chi connectivity index (χ1v) is 7.84. The Morgan fingerprint density at radius 3 is 2.79 bits per heavy atom. The van der Waals surface area contributed by atoms with Gasteiger partial charge < -0.3 is 24.2 Å². The van der Waals surface area contributed by atoms with E-state index in [1.54, 1.807) is 11.9 Å². The Bertz CT molecular complexity index is 709. The lowest BCUT2D eigenvalue weighted by Crippen LogP contribution is -2.45. The molecule has 1 N–H and O–H groups in total. The highest BCUT2D eigenvalue weighted by Crippen LogP contribution is 2.30. The van der Waals surface area contributed by atoms with Crippen LogP contribution in [0.1, 0.15) is 17.0 Å². The fraction of sp³-hybridized carbons (Fsp3) is 0.412. The van der Waals surface area contributed by atoms with Crippen molar-refractivity contribution in [1.82, 2.24) is 15.4 Å². The Kier molecular flexibility index (Phi) is 4.59. The Morgan fingerprint density at radius 2 is 2.08 bits per heavy atom. The number of carbonyl (C=O) groups is 1. The molecule has 0 saturated carbocycles. The van der Waals surface area contributed by atoms with E-state index in [1.807, 2.05) is 38.1 Å². The van der Waals surface area contributed by atoms with Crippen molar-refractivity contribution in [2.24, 2.45) is 0 Å². The molecule has 0 aliphatic carbocycles. The minimum Gasteiger partial charge on any atom is -0.486 e. The van der Waals surface area contributed by atoms with Crippen molar-refractivity contribution < 1.29 is 18.8 Å². The molecule has 0 saturated heterocycles. The zero-order valence-electron chi connectivity index (χ0n) is 14.0. The van der Waals surface area contributed by atoms with Gasteiger partial charge in [0.15, 0.2) is 17.6 Å². The third kappa shape index (κ3) is 3.45. The van der Waals surface area contributed by atoms with Crippen LogP contribution >= 0.6 is 0 Å². The van der Waals surface area contributed by atoms with Crippen LogP contribution in [0, 0.1) is 13.8 Å². The van der Waals surface area contributed by atoms with Crippen molar-refractivity contribution in [3.8, 4) is 11.5 Å².